The number of carboxylic acid groups (broad SMARTS) is 1. The van der Waals surface area contributed by atoms with E-state index in [1.54, 1.807) is 0 Å². The largest absolute Gasteiger partial charge is 0.478 e. The van der Waals surface area contributed by atoms with E-state index in [4.69, 9.17) is 10.2 Å². The minimum atomic E-state index is -2.23. The number of aliphatic hydroxyl groups is 1. The Balaban J connectivity index is 4.99. The lowest BCUT2D eigenvalue weighted by Crippen LogP contribution is -2.47. The molecule has 0 aromatic rings. The summed E-state index contributed by atoms with van der Waals surface area (Å²) in [5, 5.41) is 17.4. The normalized spacial score (nSPS) is 11.2. The Kier molecular flexibility index (Phi) is 4.24. The Bertz CT molecular complexity index is 276. The van der Waals surface area contributed by atoms with Gasteiger partial charge >= 0.3 is 5.97 Å². The van der Waals surface area contributed by atoms with Crippen molar-refractivity contribution in [2.24, 2.45) is 0 Å². The fourth-order valence-corrected chi connectivity index (χ4v) is 0.657. The lowest BCUT2D eigenvalue weighted by Gasteiger charge is -2.19. The highest BCUT2D eigenvalue weighted by Gasteiger charge is 2.30. The minimum Gasteiger partial charge on any atom is -0.478 e. The molecule has 0 aliphatic carbocycles. The molecule has 0 bridgehead atoms. The molecular weight excluding hydrogens is 190 g/mol. The van der Waals surface area contributed by atoms with E-state index in [1.165, 1.54) is 0 Å². The highest BCUT2D eigenvalue weighted by atomic mass is 16.4. The van der Waals surface area contributed by atoms with Crippen molar-refractivity contribution >= 4 is 17.8 Å². The zero-order valence-electron chi connectivity index (χ0n) is 7.21. The summed E-state index contributed by atoms with van der Waals surface area (Å²) in [6.45, 7) is 6.12. The van der Waals surface area contributed by atoms with E-state index in [0.717, 1.165) is 0 Å². The molecule has 0 radical (unpaired) electrons. The third-order valence-electron chi connectivity index (χ3n) is 1.29. The second-order valence-electron chi connectivity index (χ2n) is 2.17. The van der Waals surface area contributed by atoms with E-state index >= 15 is 0 Å². The van der Waals surface area contributed by atoms with Crippen molar-refractivity contribution in [3.05, 3.63) is 25.3 Å². The van der Waals surface area contributed by atoms with Crippen LogP contribution in [0.3, 0.4) is 0 Å². The number of amides is 2. The number of carboxylic acids is 1. The molecule has 0 spiro atoms. The molecule has 1 unspecified atom stereocenters. The highest BCUT2D eigenvalue weighted by molar-refractivity contribution is 6.06. The molecule has 0 rings (SSSR count). The topological polar surface area (TPSA) is 94.9 Å². The van der Waals surface area contributed by atoms with Gasteiger partial charge in [-0.1, -0.05) is 13.2 Å². The van der Waals surface area contributed by atoms with Gasteiger partial charge in [-0.3, -0.25) is 9.59 Å². The van der Waals surface area contributed by atoms with Crippen LogP contribution in [0.4, 0.5) is 0 Å². The lowest BCUT2D eigenvalue weighted by atomic mass is 10.3. The number of aliphatic carboxylic acids is 1. The molecule has 0 saturated heterocycles. The minimum absolute atomic E-state index is 0.127. The summed E-state index contributed by atoms with van der Waals surface area (Å²) < 4.78 is 0. The van der Waals surface area contributed by atoms with Crippen molar-refractivity contribution in [2.45, 2.75) is 6.23 Å². The number of nitrogens with zero attached hydrogens (tertiary/aromatic N) is 1. The fourth-order valence-electron chi connectivity index (χ4n) is 0.657. The summed E-state index contributed by atoms with van der Waals surface area (Å²) in [6, 6.07) is 0. The van der Waals surface area contributed by atoms with Crippen molar-refractivity contribution in [1.82, 2.24) is 4.90 Å². The summed E-state index contributed by atoms with van der Waals surface area (Å²) in [7, 11) is 0. The molecular formula is C8H9NO5. The van der Waals surface area contributed by atoms with Gasteiger partial charge in [0.1, 0.15) is 0 Å². The maximum absolute atomic E-state index is 11.0. The van der Waals surface area contributed by atoms with Crippen molar-refractivity contribution in [2.75, 3.05) is 0 Å². The summed E-state index contributed by atoms with van der Waals surface area (Å²) in [5.74, 6) is -3.73. The SMILES string of the molecule is C=CC(=O)N(C(=O)C=C)C(O)C(=O)O. The van der Waals surface area contributed by atoms with Crippen LogP contribution in [0.1, 0.15) is 0 Å². The fraction of sp³-hybridized carbons (Fsp3) is 0.125. The number of rotatable bonds is 4. The molecule has 0 saturated carbocycles. The first-order valence-electron chi connectivity index (χ1n) is 3.48. The first-order chi connectivity index (χ1) is 6.45. The van der Waals surface area contributed by atoms with Crippen LogP contribution >= 0.6 is 0 Å². The van der Waals surface area contributed by atoms with Gasteiger partial charge in [-0.2, -0.15) is 0 Å². The van der Waals surface area contributed by atoms with Gasteiger partial charge in [-0.25, -0.2) is 9.69 Å². The van der Waals surface area contributed by atoms with Crippen LogP contribution in [0.2, 0.25) is 0 Å². The second-order valence-corrected chi connectivity index (χ2v) is 2.17. The molecule has 6 nitrogen and oxygen atoms in total. The lowest BCUT2D eigenvalue weighted by molar-refractivity contribution is -0.168. The first-order valence-corrected chi connectivity index (χ1v) is 3.48. The Morgan fingerprint density at radius 2 is 1.50 bits per heavy atom. The second kappa shape index (κ2) is 4.93. The van der Waals surface area contributed by atoms with Crippen LogP contribution < -0.4 is 0 Å². The number of carbonyl (C=O) groups is 3. The summed E-state index contributed by atoms with van der Waals surface area (Å²) in [5.41, 5.74) is 0. The first kappa shape index (κ1) is 12.0. The molecule has 76 valence electrons. The van der Waals surface area contributed by atoms with Gasteiger partial charge in [0, 0.05) is 0 Å². The average molecular weight is 199 g/mol. The van der Waals surface area contributed by atoms with Crippen LogP contribution in [0.25, 0.3) is 0 Å². The van der Waals surface area contributed by atoms with Gasteiger partial charge in [0.2, 0.25) is 6.23 Å². The van der Waals surface area contributed by atoms with Crippen LogP contribution in [0, 0.1) is 0 Å². The summed E-state index contributed by atoms with van der Waals surface area (Å²) >= 11 is 0. The maximum Gasteiger partial charge on any atom is 0.354 e. The molecule has 2 amide bonds. The standard InChI is InChI=1S/C8H9NO5/c1-3-5(10)9(6(11)4-2)7(12)8(13)14/h3-4,7,12H,1-2H2,(H,13,14). The predicted octanol–water partition coefficient (Wildman–Crippen LogP) is -0.883. The van der Waals surface area contributed by atoms with Gasteiger partial charge in [-0.05, 0) is 12.2 Å². The van der Waals surface area contributed by atoms with E-state index in [0.29, 0.717) is 12.2 Å². The van der Waals surface area contributed by atoms with Crippen LogP contribution in [0.5, 0.6) is 0 Å². The van der Waals surface area contributed by atoms with Gasteiger partial charge in [0.25, 0.3) is 11.8 Å². The van der Waals surface area contributed by atoms with E-state index in [1.807, 2.05) is 0 Å². The molecule has 2 N–H and O–H groups in total. The van der Waals surface area contributed by atoms with Gasteiger partial charge in [0.05, 0.1) is 0 Å². The summed E-state index contributed by atoms with van der Waals surface area (Å²) in [4.78, 5) is 32.4. The maximum atomic E-state index is 11.0. The third kappa shape index (κ3) is 2.53. The smallest absolute Gasteiger partial charge is 0.354 e. The highest BCUT2D eigenvalue weighted by Crippen LogP contribution is 2.00. The number of hydrogen-bond acceptors (Lipinski definition) is 4. The quantitative estimate of drug-likeness (QED) is 0.452. The number of imide groups is 1. The monoisotopic (exact) mass is 199 g/mol. The molecule has 0 aliphatic rings. The summed E-state index contributed by atoms with van der Waals surface area (Å²) in [6.07, 6.45) is -0.799. The van der Waals surface area contributed by atoms with Gasteiger partial charge in [-0.15, -0.1) is 0 Å². The predicted molar refractivity (Wildman–Crippen MR) is 45.9 cm³/mol. The van der Waals surface area contributed by atoms with E-state index in [9.17, 15) is 14.4 Å². The van der Waals surface area contributed by atoms with Gasteiger partial charge in [0.15, 0.2) is 0 Å². The third-order valence-corrected chi connectivity index (χ3v) is 1.29. The molecule has 14 heavy (non-hydrogen) atoms. The van der Waals surface area contributed by atoms with Crippen molar-refractivity contribution < 1.29 is 24.6 Å². The number of aliphatic hydroxyl groups excluding tert-OH is 1. The molecule has 6 heteroatoms. The van der Waals surface area contributed by atoms with Crippen molar-refractivity contribution in [1.29, 1.82) is 0 Å². The molecule has 1 atom stereocenters. The molecule has 0 aliphatic heterocycles. The molecule has 0 heterocycles. The zero-order chi connectivity index (χ0) is 11.3. The van der Waals surface area contributed by atoms with Crippen molar-refractivity contribution in [3.63, 3.8) is 0 Å². The van der Waals surface area contributed by atoms with Crippen LogP contribution in [-0.4, -0.2) is 39.1 Å². The molecule has 0 fully saturated rings. The van der Waals surface area contributed by atoms with Crippen molar-refractivity contribution in [3.8, 4) is 0 Å². The van der Waals surface area contributed by atoms with Crippen LogP contribution in [0.15, 0.2) is 25.3 Å². The Labute approximate surface area is 79.7 Å². The Hall–Kier alpha value is -1.95. The van der Waals surface area contributed by atoms with Gasteiger partial charge < -0.3 is 10.2 Å². The van der Waals surface area contributed by atoms with E-state index in [2.05, 4.69) is 13.2 Å². The zero-order valence-corrected chi connectivity index (χ0v) is 7.21. The number of carbonyl (C=O) groups excluding carboxylic acids is 2. The van der Waals surface area contributed by atoms with E-state index < -0.39 is 24.0 Å². The molecule has 0 aromatic heterocycles. The van der Waals surface area contributed by atoms with Crippen LogP contribution in [-0.2, 0) is 14.4 Å². The van der Waals surface area contributed by atoms with E-state index in [-0.39, 0.29) is 4.90 Å². The molecule has 0 aromatic carbocycles. The Morgan fingerprint density at radius 3 is 1.71 bits per heavy atom. The number of hydrogen-bond donors (Lipinski definition) is 2. The average Bonchev–Trinajstić information content (AvgIpc) is 2.16. The Morgan fingerprint density at radius 1 is 1.14 bits per heavy atom.